The highest BCUT2D eigenvalue weighted by Gasteiger charge is 2.35. The van der Waals surface area contributed by atoms with Gasteiger partial charge in [0.25, 0.3) is 0 Å². The maximum atomic E-state index is 13.2. The van der Waals surface area contributed by atoms with E-state index in [0.717, 1.165) is 0 Å². The number of fused-ring (bicyclic) bond motifs is 1. The summed E-state index contributed by atoms with van der Waals surface area (Å²) in [6.07, 6.45) is 0.624. The summed E-state index contributed by atoms with van der Waals surface area (Å²) in [5.41, 5.74) is 0.613. The molecule has 1 aromatic heterocycles. The fourth-order valence-electron chi connectivity index (χ4n) is 2.88. The average Bonchev–Trinajstić information content (AvgIpc) is 2.93. The lowest BCUT2D eigenvalue weighted by molar-refractivity contribution is 0.356. The summed E-state index contributed by atoms with van der Waals surface area (Å²) in [5.74, 6) is 0.745. The summed E-state index contributed by atoms with van der Waals surface area (Å²) in [4.78, 5) is 0. The topological polar surface area (TPSA) is 59.3 Å². The third kappa shape index (κ3) is 2.45. The number of sulfone groups is 1. The Bertz CT molecular complexity index is 738. The van der Waals surface area contributed by atoms with Gasteiger partial charge in [-0.1, -0.05) is 0 Å². The van der Waals surface area contributed by atoms with Gasteiger partial charge in [0, 0.05) is 5.39 Å². The van der Waals surface area contributed by atoms with Crippen molar-refractivity contribution in [2.45, 2.75) is 12.5 Å². The van der Waals surface area contributed by atoms with Crippen LogP contribution in [0.2, 0.25) is 0 Å². The summed E-state index contributed by atoms with van der Waals surface area (Å²) in [6.45, 7) is 0. The van der Waals surface area contributed by atoms with Crippen LogP contribution in [0.3, 0.4) is 0 Å². The average molecular weight is 297 g/mol. The first-order valence-electron chi connectivity index (χ1n) is 6.55. The van der Waals surface area contributed by atoms with E-state index in [1.807, 2.05) is 0 Å². The van der Waals surface area contributed by atoms with Gasteiger partial charge < -0.3 is 9.73 Å². The van der Waals surface area contributed by atoms with Gasteiger partial charge in [-0.3, -0.25) is 0 Å². The molecule has 1 aromatic carbocycles. The Morgan fingerprint density at radius 1 is 1.40 bits per heavy atom. The molecule has 0 amide bonds. The number of hydrogen-bond donors (Lipinski definition) is 1. The first-order chi connectivity index (χ1) is 9.48. The monoisotopic (exact) mass is 297 g/mol. The number of nitrogens with one attached hydrogen (secondary N) is 1. The highest BCUT2D eigenvalue weighted by atomic mass is 32.2. The van der Waals surface area contributed by atoms with E-state index in [1.165, 1.54) is 12.1 Å². The fraction of sp³-hybridized carbons (Fsp3) is 0.429. The van der Waals surface area contributed by atoms with Crippen molar-refractivity contribution in [3.05, 3.63) is 35.8 Å². The molecule has 2 unspecified atom stereocenters. The summed E-state index contributed by atoms with van der Waals surface area (Å²) < 4.78 is 42.1. The second-order valence-electron chi connectivity index (χ2n) is 5.26. The van der Waals surface area contributed by atoms with E-state index in [2.05, 4.69) is 5.32 Å². The lowest BCUT2D eigenvalue weighted by atomic mass is 9.97. The number of benzene rings is 1. The normalized spacial score (nSPS) is 23.2. The largest absolute Gasteiger partial charge is 0.459 e. The van der Waals surface area contributed by atoms with Crippen molar-refractivity contribution in [2.75, 3.05) is 18.6 Å². The molecule has 1 N–H and O–H groups in total. The van der Waals surface area contributed by atoms with Crippen LogP contribution in [-0.4, -0.2) is 27.0 Å². The summed E-state index contributed by atoms with van der Waals surface area (Å²) in [6, 6.07) is 5.98. The van der Waals surface area contributed by atoms with Crippen molar-refractivity contribution in [1.82, 2.24) is 5.32 Å². The number of rotatable bonds is 3. The van der Waals surface area contributed by atoms with E-state index in [-0.39, 0.29) is 29.3 Å². The standard InChI is InChI=1S/C14H16FNO3S/c1-16-14(9-4-5-20(17,18)8-9)13-7-10-6-11(15)2-3-12(10)19-13/h2-3,6-7,9,14,16H,4-5,8H2,1H3. The van der Waals surface area contributed by atoms with Gasteiger partial charge in [-0.25, -0.2) is 12.8 Å². The molecule has 0 spiro atoms. The first kappa shape index (κ1) is 13.6. The lowest BCUT2D eigenvalue weighted by Gasteiger charge is -2.19. The molecule has 0 saturated carbocycles. The van der Waals surface area contributed by atoms with Crippen molar-refractivity contribution in [1.29, 1.82) is 0 Å². The molecule has 1 fully saturated rings. The van der Waals surface area contributed by atoms with Crippen LogP contribution in [0.5, 0.6) is 0 Å². The van der Waals surface area contributed by atoms with E-state index in [0.29, 0.717) is 23.2 Å². The van der Waals surface area contributed by atoms with E-state index in [4.69, 9.17) is 4.42 Å². The van der Waals surface area contributed by atoms with Crippen LogP contribution in [0.25, 0.3) is 11.0 Å². The quantitative estimate of drug-likeness (QED) is 0.944. The Morgan fingerprint density at radius 2 is 2.20 bits per heavy atom. The van der Waals surface area contributed by atoms with E-state index < -0.39 is 9.84 Å². The second kappa shape index (κ2) is 4.86. The molecule has 20 heavy (non-hydrogen) atoms. The van der Waals surface area contributed by atoms with Crippen molar-refractivity contribution in [2.24, 2.45) is 5.92 Å². The zero-order valence-electron chi connectivity index (χ0n) is 11.1. The summed E-state index contributed by atoms with van der Waals surface area (Å²) in [7, 11) is -1.16. The van der Waals surface area contributed by atoms with Crippen LogP contribution in [0.15, 0.2) is 28.7 Å². The van der Waals surface area contributed by atoms with Gasteiger partial charge in [-0.15, -0.1) is 0 Å². The zero-order chi connectivity index (χ0) is 14.3. The molecule has 3 rings (SSSR count). The van der Waals surface area contributed by atoms with Crippen LogP contribution >= 0.6 is 0 Å². The van der Waals surface area contributed by atoms with Crippen LogP contribution in [-0.2, 0) is 9.84 Å². The van der Waals surface area contributed by atoms with E-state index in [9.17, 15) is 12.8 Å². The molecule has 0 aliphatic carbocycles. The molecule has 1 saturated heterocycles. The van der Waals surface area contributed by atoms with Gasteiger partial charge in [0.05, 0.1) is 17.5 Å². The summed E-state index contributed by atoms with van der Waals surface area (Å²) >= 11 is 0. The van der Waals surface area contributed by atoms with Gasteiger partial charge in [-0.2, -0.15) is 0 Å². The second-order valence-corrected chi connectivity index (χ2v) is 7.49. The number of furan rings is 1. The third-order valence-corrected chi connectivity index (χ3v) is 5.65. The van der Waals surface area contributed by atoms with Crippen LogP contribution in [0.4, 0.5) is 4.39 Å². The van der Waals surface area contributed by atoms with Gasteiger partial charge in [-0.05, 0) is 43.7 Å². The third-order valence-electron chi connectivity index (χ3n) is 3.85. The van der Waals surface area contributed by atoms with Crippen molar-refractivity contribution in [3.8, 4) is 0 Å². The van der Waals surface area contributed by atoms with E-state index >= 15 is 0 Å². The molecule has 1 aliphatic rings. The Labute approximate surface area is 116 Å². The smallest absolute Gasteiger partial charge is 0.150 e. The van der Waals surface area contributed by atoms with Gasteiger partial charge in [0.1, 0.15) is 17.2 Å². The molecule has 4 nitrogen and oxygen atoms in total. The van der Waals surface area contributed by atoms with Crippen molar-refractivity contribution >= 4 is 20.8 Å². The van der Waals surface area contributed by atoms with Crippen molar-refractivity contribution < 1.29 is 17.2 Å². The SMILES string of the molecule is CNC(c1cc2cc(F)ccc2o1)C1CCS(=O)(=O)C1. The molecule has 2 atom stereocenters. The fourth-order valence-corrected chi connectivity index (χ4v) is 4.72. The molecule has 1 aliphatic heterocycles. The van der Waals surface area contributed by atoms with Gasteiger partial charge in [0.2, 0.25) is 0 Å². The number of halogens is 1. The number of hydrogen-bond acceptors (Lipinski definition) is 4. The molecule has 2 aromatic rings. The van der Waals surface area contributed by atoms with E-state index in [1.54, 1.807) is 19.2 Å². The van der Waals surface area contributed by atoms with Crippen LogP contribution < -0.4 is 5.32 Å². The predicted octanol–water partition coefficient (Wildman–Crippen LogP) is 2.27. The highest BCUT2D eigenvalue weighted by molar-refractivity contribution is 7.91. The minimum Gasteiger partial charge on any atom is -0.459 e. The van der Waals surface area contributed by atoms with Gasteiger partial charge in [0.15, 0.2) is 9.84 Å². The Morgan fingerprint density at radius 3 is 2.85 bits per heavy atom. The Balaban J connectivity index is 1.95. The molecule has 2 heterocycles. The predicted molar refractivity (Wildman–Crippen MR) is 74.7 cm³/mol. The lowest BCUT2D eigenvalue weighted by Crippen LogP contribution is -2.25. The Hall–Kier alpha value is -1.40. The maximum Gasteiger partial charge on any atom is 0.150 e. The first-order valence-corrected chi connectivity index (χ1v) is 8.37. The molecule has 108 valence electrons. The minimum atomic E-state index is -2.94. The minimum absolute atomic E-state index is 0.00425. The molecular weight excluding hydrogens is 281 g/mol. The van der Waals surface area contributed by atoms with Crippen molar-refractivity contribution in [3.63, 3.8) is 0 Å². The molecule has 6 heteroatoms. The highest BCUT2D eigenvalue weighted by Crippen LogP contribution is 2.34. The van der Waals surface area contributed by atoms with Crippen LogP contribution in [0, 0.1) is 11.7 Å². The maximum absolute atomic E-state index is 13.2. The Kier molecular flexibility index (Phi) is 3.30. The molecule has 0 radical (unpaired) electrons. The molecular formula is C14H16FNO3S. The summed E-state index contributed by atoms with van der Waals surface area (Å²) in [5, 5.41) is 3.82. The molecule has 0 bridgehead atoms. The van der Waals surface area contributed by atoms with Gasteiger partial charge >= 0.3 is 0 Å². The zero-order valence-corrected chi connectivity index (χ0v) is 11.9. The van der Waals surface area contributed by atoms with Crippen LogP contribution in [0.1, 0.15) is 18.2 Å².